The maximum atomic E-state index is 12.0. The molecule has 0 spiro atoms. The van der Waals surface area contributed by atoms with Crippen LogP contribution in [-0.2, 0) is 19.0 Å². The van der Waals surface area contributed by atoms with Gasteiger partial charge in [-0.25, -0.2) is 4.79 Å². The van der Waals surface area contributed by atoms with Crippen LogP contribution in [0.1, 0.15) is 59.3 Å². The molecule has 0 unspecified atom stereocenters. The molecule has 2 saturated carbocycles. The number of allylic oxidation sites excluding steroid dienone is 1. The Labute approximate surface area is 157 Å². The van der Waals surface area contributed by atoms with E-state index in [1.165, 1.54) is 25.7 Å². The van der Waals surface area contributed by atoms with Crippen molar-refractivity contribution < 1.29 is 19.0 Å². The topological polar surface area (TPSA) is 44.8 Å². The second kappa shape index (κ2) is 6.49. The van der Waals surface area contributed by atoms with Crippen molar-refractivity contribution in [1.29, 1.82) is 0 Å². The quantitative estimate of drug-likeness (QED) is 0.423. The number of fused-ring (bicyclic) bond motifs is 4. The average molecular weight is 360 g/mol. The largest absolute Gasteiger partial charge is 0.454 e. The van der Waals surface area contributed by atoms with Crippen molar-refractivity contribution in [2.45, 2.75) is 65.4 Å². The van der Waals surface area contributed by atoms with Crippen LogP contribution in [0, 0.1) is 22.7 Å². The Hall–Kier alpha value is -1.13. The summed E-state index contributed by atoms with van der Waals surface area (Å²) in [5, 5.41) is 0. The number of methoxy groups -OCH3 is 1. The van der Waals surface area contributed by atoms with E-state index in [-0.39, 0.29) is 22.9 Å². The molecule has 1 aliphatic heterocycles. The van der Waals surface area contributed by atoms with Gasteiger partial charge < -0.3 is 14.2 Å². The van der Waals surface area contributed by atoms with Gasteiger partial charge in [0.1, 0.15) is 12.9 Å². The van der Waals surface area contributed by atoms with Crippen molar-refractivity contribution in [2.24, 2.45) is 22.7 Å². The first-order chi connectivity index (χ1) is 12.4. The highest BCUT2D eigenvalue weighted by Crippen LogP contribution is 2.63. The summed E-state index contributed by atoms with van der Waals surface area (Å²) in [6.45, 7) is 7.95. The number of rotatable bonds is 4. The molecule has 4 rings (SSSR count). The van der Waals surface area contributed by atoms with Crippen molar-refractivity contribution >= 4 is 5.97 Å². The zero-order valence-electron chi connectivity index (χ0n) is 16.6. The lowest BCUT2D eigenvalue weighted by Gasteiger charge is -2.59. The van der Waals surface area contributed by atoms with E-state index in [4.69, 9.17) is 14.2 Å². The highest BCUT2D eigenvalue weighted by molar-refractivity contribution is 5.92. The van der Waals surface area contributed by atoms with E-state index in [2.05, 4.69) is 19.9 Å². The molecule has 0 saturated heterocycles. The van der Waals surface area contributed by atoms with Gasteiger partial charge in [-0.15, -0.1) is 0 Å². The fraction of sp³-hybridized carbons (Fsp3) is 0.773. The van der Waals surface area contributed by atoms with Gasteiger partial charge in [-0.3, -0.25) is 0 Å². The SMILES string of the molecule is COCOC[C@]1(C)CCC[C@@]2(C)[C@@H]3C[C@H]4OC(=O)C(C)=C4C=C3CC[C@H]12. The molecular formula is C22H32O4. The van der Waals surface area contributed by atoms with Gasteiger partial charge in [0.05, 0.1) is 6.61 Å². The van der Waals surface area contributed by atoms with Crippen molar-refractivity contribution in [3.63, 3.8) is 0 Å². The van der Waals surface area contributed by atoms with Crippen molar-refractivity contribution in [1.82, 2.24) is 0 Å². The molecule has 0 radical (unpaired) electrons. The first kappa shape index (κ1) is 18.2. The first-order valence-corrected chi connectivity index (χ1v) is 10.1. The first-order valence-electron chi connectivity index (χ1n) is 10.1. The number of hydrogen-bond donors (Lipinski definition) is 0. The zero-order valence-corrected chi connectivity index (χ0v) is 16.6. The van der Waals surface area contributed by atoms with Crippen molar-refractivity contribution in [3.8, 4) is 0 Å². The van der Waals surface area contributed by atoms with Crippen LogP contribution >= 0.6 is 0 Å². The smallest absolute Gasteiger partial charge is 0.334 e. The molecular weight excluding hydrogens is 328 g/mol. The van der Waals surface area contributed by atoms with Gasteiger partial charge in [-0.1, -0.05) is 31.9 Å². The highest BCUT2D eigenvalue weighted by atomic mass is 16.7. The summed E-state index contributed by atoms with van der Waals surface area (Å²) in [5.41, 5.74) is 3.98. The van der Waals surface area contributed by atoms with Gasteiger partial charge in [0, 0.05) is 18.3 Å². The summed E-state index contributed by atoms with van der Waals surface area (Å²) in [6.07, 6.45) is 9.35. The lowest BCUT2D eigenvalue weighted by molar-refractivity contribution is -0.144. The van der Waals surface area contributed by atoms with Crippen molar-refractivity contribution in [2.75, 3.05) is 20.5 Å². The van der Waals surface area contributed by atoms with Gasteiger partial charge in [0.2, 0.25) is 0 Å². The summed E-state index contributed by atoms with van der Waals surface area (Å²) in [7, 11) is 1.68. The van der Waals surface area contributed by atoms with Crippen molar-refractivity contribution in [3.05, 3.63) is 22.8 Å². The van der Waals surface area contributed by atoms with E-state index >= 15 is 0 Å². The number of esters is 1. The Bertz CT molecular complexity index is 663. The molecule has 0 aromatic rings. The second-order valence-electron chi connectivity index (χ2n) is 9.34. The lowest BCUT2D eigenvalue weighted by atomic mass is 9.46. The van der Waals surface area contributed by atoms with Gasteiger partial charge in [-0.2, -0.15) is 0 Å². The van der Waals surface area contributed by atoms with Crippen LogP contribution in [0.5, 0.6) is 0 Å². The predicted molar refractivity (Wildman–Crippen MR) is 99.4 cm³/mol. The number of hydrogen-bond acceptors (Lipinski definition) is 4. The summed E-state index contributed by atoms with van der Waals surface area (Å²) in [6, 6.07) is 0. The molecule has 0 aromatic heterocycles. The predicted octanol–water partition coefficient (Wildman–Crippen LogP) is 4.40. The zero-order chi connectivity index (χ0) is 18.5. The molecule has 0 amide bonds. The van der Waals surface area contributed by atoms with Crippen LogP contribution in [0.15, 0.2) is 22.8 Å². The van der Waals surface area contributed by atoms with Gasteiger partial charge in [0.15, 0.2) is 0 Å². The molecule has 3 aliphatic carbocycles. The van der Waals surface area contributed by atoms with Crippen LogP contribution in [0.2, 0.25) is 0 Å². The minimum atomic E-state index is -0.122. The molecule has 5 atom stereocenters. The Balaban J connectivity index is 1.62. The summed E-state index contributed by atoms with van der Waals surface area (Å²) >= 11 is 0. The number of carbonyl (C=O) groups excluding carboxylic acids is 1. The molecule has 144 valence electrons. The minimum absolute atomic E-state index is 0.0234. The Morgan fingerprint density at radius 2 is 2.12 bits per heavy atom. The normalized spacial score (nSPS) is 41.9. The fourth-order valence-electron chi connectivity index (χ4n) is 6.58. The van der Waals surface area contributed by atoms with Gasteiger partial charge >= 0.3 is 5.97 Å². The molecule has 4 heteroatoms. The maximum Gasteiger partial charge on any atom is 0.334 e. The molecule has 2 fully saturated rings. The summed E-state index contributed by atoms with van der Waals surface area (Å²) in [4.78, 5) is 12.0. The van der Waals surface area contributed by atoms with Gasteiger partial charge in [0.25, 0.3) is 0 Å². The van der Waals surface area contributed by atoms with E-state index in [0.717, 1.165) is 30.6 Å². The standard InChI is InChI=1S/C22H32O4/c1-14-16-10-15-6-7-19-21(2,12-25-13-24-4)8-5-9-22(19,3)17(15)11-18(16)26-20(14)23/h10,17-19H,5-9,11-13H2,1-4H3/t17-,18-,19-,21+,22+/m1/s1. The molecule has 0 bridgehead atoms. The van der Waals surface area contributed by atoms with Crippen LogP contribution in [0.3, 0.4) is 0 Å². The van der Waals surface area contributed by atoms with E-state index in [1.54, 1.807) is 12.7 Å². The molecule has 26 heavy (non-hydrogen) atoms. The average Bonchev–Trinajstić information content (AvgIpc) is 2.88. The molecule has 4 nitrogen and oxygen atoms in total. The third-order valence-corrected chi connectivity index (χ3v) is 7.82. The number of ether oxygens (including phenoxy) is 3. The summed E-state index contributed by atoms with van der Waals surface area (Å²) in [5.74, 6) is 1.05. The van der Waals surface area contributed by atoms with E-state index < -0.39 is 0 Å². The lowest BCUT2D eigenvalue weighted by Crippen LogP contribution is -2.53. The van der Waals surface area contributed by atoms with Gasteiger partial charge in [-0.05, 0) is 61.7 Å². The monoisotopic (exact) mass is 360 g/mol. The van der Waals surface area contributed by atoms with Crippen LogP contribution in [0.4, 0.5) is 0 Å². The van der Waals surface area contributed by atoms with Crippen LogP contribution < -0.4 is 0 Å². The molecule has 0 N–H and O–H groups in total. The Kier molecular flexibility index (Phi) is 4.55. The number of carbonyl (C=O) groups is 1. The van der Waals surface area contributed by atoms with E-state index in [0.29, 0.717) is 18.6 Å². The van der Waals surface area contributed by atoms with Crippen LogP contribution in [0.25, 0.3) is 0 Å². The second-order valence-corrected chi connectivity index (χ2v) is 9.34. The Morgan fingerprint density at radius 3 is 2.88 bits per heavy atom. The summed E-state index contributed by atoms with van der Waals surface area (Å²) < 4.78 is 16.6. The molecule has 0 aromatic carbocycles. The third kappa shape index (κ3) is 2.68. The van der Waals surface area contributed by atoms with E-state index in [1.807, 2.05) is 6.92 Å². The maximum absolute atomic E-state index is 12.0. The Morgan fingerprint density at radius 1 is 1.31 bits per heavy atom. The molecule has 4 aliphatic rings. The minimum Gasteiger partial charge on any atom is -0.454 e. The van der Waals surface area contributed by atoms with E-state index in [9.17, 15) is 4.79 Å². The highest BCUT2D eigenvalue weighted by Gasteiger charge is 2.56. The molecule has 1 heterocycles. The third-order valence-electron chi connectivity index (χ3n) is 7.82. The fourth-order valence-corrected chi connectivity index (χ4v) is 6.58. The van der Waals surface area contributed by atoms with Crippen LogP contribution in [-0.4, -0.2) is 32.6 Å².